The van der Waals surface area contributed by atoms with Crippen LogP contribution in [0.5, 0.6) is 0 Å². The Kier molecular flexibility index (Phi) is 0.939. The molecule has 0 aliphatic carbocycles. The zero-order valence-corrected chi connectivity index (χ0v) is 3.90. The van der Waals surface area contributed by atoms with Gasteiger partial charge >= 0.3 is 0 Å². The molecule has 0 spiro atoms. The lowest BCUT2D eigenvalue weighted by Gasteiger charge is -2.03. The third kappa shape index (κ3) is 0.609. The Morgan fingerprint density at radius 2 is 2.50 bits per heavy atom. The lowest BCUT2D eigenvalue weighted by Crippen LogP contribution is -3.00. The predicted octanol–water partition coefficient (Wildman–Crippen LogP) is -1.15. The molecule has 3 heteroatoms. The topological polar surface area (TPSA) is 16.8 Å². The third-order valence-electron chi connectivity index (χ3n) is 0.527. The maximum atomic E-state index is 4.68. The molecule has 6 heavy (non-hydrogen) atoms. The smallest absolute Gasteiger partial charge is 0.175 e. The molecule has 32 valence electrons. The normalized spacial score (nSPS) is 29.2. The standard InChI is InChI=1S/C3H4N2S/c6-5-2-1-4-3-5/h1-3,5H. The minimum absolute atomic E-state index is 0.815. The van der Waals surface area contributed by atoms with E-state index in [1.165, 1.54) is 0 Å². The molecule has 0 radical (unpaired) electrons. The van der Waals surface area contributed by atoms with Crippen molar-refractivity contribution in [2.75, 3.05) is 0 Å². The van der Waals surface area contributed by atoms with Gasteiger partial charge in [0.15, 0.2) is 6.34 Å². The van der Waals surface area contributed by atoms with Crippen molar-refractivity contribution >= 4 is 19.2 Å². The number of rotatable bonds is 0. The van der Waals surface area contributed by atoms with E-state index in [9.17, 15) is 0 Å². The van der Waals surface area contributed by atoms with E-state index in [1.54, 1.807) is 18.7 Å². The van der Waals surface area contributed by atoms with Crippen LogP contribution < -0.4 is 4.31 Å². The van der Waals surface area contributed by atoms with Crippen molar-refractivity contribution in [1.82, 2.24) is 0 Å². The van der Waals surface area contributed by atoms with Crippen molar-refractivity contribution in [1.29, 1.82) is 0 Å². The number of hydrogen-bond acceptors (Lipinski definition) is 2. The molecule has 2 nitrogen and oxygen atoms in total. The average molecular weight is 100 g/mol. The van der Waals surface area contributed by atoms with E-state index in [0.717, 1.165) is 4.31 Å². The molecule has 1 unspecified atom stereocenters. The largest absolute Gasteiger partial charge is 0.483 e. The fourth-order valence-electron chi connectivity index (χ4n) is 0.276. The van der Waals surface area contributed by atoms with E-state index in [0.29, 0.717) is 0 Å². The summed E-state index contributed by atoms with van der Waals surface area (Å²) in [5.74, 6) is 0. The Morgan fingerprint density at radius 1 is 1.67 bits per heavy atom. The Labute approximate surface area is 41.7 Å². The first-order valence-corrected chi connectivity index (χ1v) is 2.04. The molecule has 1 aliphatic heterocycles. The van der Waals surface area contributed by atoms with E-state index in [2.05, 4.69) is 17.8 Å². The van der Waals surface area contributed by atoms with Crippen LogP contribution in [0.1, 0.15) is 0 Å². The molecule has 0 fully saturated rings. The van der Waals surface area contributed by atoms with Gasteiger partial charge in [-0.2, -0.15) is 0 Å². The number of quaternary nitrogens is 1. The molecule has 0 saturated carbocycles. The van der Waals surface area contributed by atoms with Gasteiger partial charge in [0, 0.05) is 0 Å². The Morgan fingerprint density at radius 3 is 2.67 bits per heavy atom. The summed E-state index contributed by atoms with van der Waals surface area (Å²) in [5, 5.41) is 0. The van der Waals surface area contributed by atoms with Crippen LogP contribution in [0, 0.1) is 0 Å². The van der Waals surface area contributed by atoms with Crippen LogP contribution in [0.25, 0.3) is 0 Å². The van der Waals surface area contributed by atoms with Crippen molar-refractivity contribution < 1.29 is 4.31 Å². The van der Waals surface area contributed by atoms with Gasteiger partial charge in [0.1, 0.15) is 6.20 Å². The summed E-state index contributed by atoms with van der Waals surface area (Å²) >= 11 is 4.68. The SMILES string of the molecule is [S-][NH+]1C=CN=C1. The third-order valence-corrected chi connectivity index (χ3v) is 0.768. The summed E-state index contributed by atoms with van der Waals surface area (Å²) < 4.78 is 0.815. The highest BCUT2D eigenvalue weighted by Gasteiger charge is 1.83. The van der Waals surface area contributed by atoms with Gasteiger partial charge in [-0.05, 0) is 0 Å². The summed E-state index contributed by atoms with van der Waals surface area (Å²) in [7, 11) is 0. The van der Waals surface area contributed by atoms with Gasteiger partial charge in [-0.1, -0.05) is 0 Å². The average Bonchev–Trinajstić information content (AvgIpc) is 1.86. The zero-order chi connectivity index (χ0) is 4.41. The lowest BCUT2D eigenvalue weighted by atomic mass is 11.0. The molecule has 0 aromatic rings. The van der Waals surface area contributed by atoms with E-state index in [-0.39, 0.29) is 0 Å². The van der Waals surface area contributed by atoms with Crippen LogP contribution >= 0.6 is 0 Å². The van der Waals surface area contributed by atoms with Crippen LogP contribution in [-0.4, -0.2) is 6.34 Å². The van der Waals surface area contributed by atoms with Crippen molar-refractivity contribution in [3.8, 4) is 0 Å². The van der Waals surface area contributed by atoms with Gasteiger partial charge in [0.05, 0.1) is 6.20 Å². The van der Waals surface area contributed by atoms with Crippen molar-refractivity contribution in [3.63, 3.8) is 0 Å². The maximum Gasteiger partial charge on any atom is 0.175 e. The summed E-state index contributed by atoms with van der Waals surface area (Å²) in [4.78, 5) is 3.72. The molecular formula is C3H4N2S. The summed E-state index contributed by atoms with van der Waals surface area (Å²) in [6.07, 6.45) is 5.12. The van der Waals surface area contributed by atoms with Gasteiger partial charge in [0.25, 0.3) is 0 Å². The molecule has 1 heterocycles. The van der Waals surface area contributed by atoms with E-state index < -0.39 is 0 Å². The number of hydrogen-bond donors (Lipinski definition) is 1. The number of nitrogens with zero attached hydrogens (tertiary/aromatic N) is 1. The molecule has 1 N–H and O–H groups in total. The molecule has 1 atom stereocenters. The summed E-state index contributed by atoms with van der Waals surface area (Å²) in [6.45, 7) is 0. The van der Waals surface area contributed by atoms with Gasteiger partial charge in [0.2, 0.25) is 0 Å². The summed E-state index contributed by atoms with van der Waals surface area (Å²) in [6, 6.07) is 0. The van der Waals surface area contributed by atoms with Gasteiger partial charge in [-0.3, -0.25) is 0 Å². The number of aliphatic imine (C=N–C) groups is 1. The first kappa shape index (κ1) is 3.89. The fraction of sp³-hybridized carbons (Fsp3) is 0. The van der Waals surface area contributed by atoms with Crippen LogP contribution in [0.3, 0.4) is 0 Å². The first-order valence-electron chi connectivity index (χ1n) is 1.63. The van der Waals surface area contributed by atoms with Gasteiger partial charge in [-0.15, -0.1) is 0 Å². The maximum absolute atomic E-state index is 4.68. The molecule has 1 aliphatic rings. The highest BCUT2D eigenvalue weighted by molar-refractivity contribution is 7.51. The van der Waals surface area contributed by atoms with Gasteiger partial charge < -0.3 is 17.1 Å². The molecule has 0 amide bonds. The quantitative estimate of drug-likeness (QED) is 0.380. The Hall–Kier alpha value is -0.280. The highest BCUT2D eigenvalue weighted by atomic mass is 32.1. The molecular weight excluding hydrogens is 96.1 g/mol. The molecule has 0 aromatic carbocycles. The Balaban J connectivity index is 2.60. The van der Waals surface area contributed by atoms with Crippen LogP contribution in [-0.2, 0) is 12.8 Å². The van der Waals surface area contributed by atoms with Gasteiger partial charge in [-0.25, -0.2) is 4.99 Å². The van der Waals surface area contributed by atoms with Crippen LogP contribution in [0.15, 0.2) is 17.4 Å². The molecule has 1 rings (SSSR count). The van der Waals surface area contributed by atoms with E-state index in [4.69, 9.17) is 0 Å². The molecule has 0 bridgehead atoms. The van der Waals surface area contributed by atoms with Crippen LogP contribution in [0.2, 0.25) is 0 Å². The highest BCUT2D eigenvalue weighted by Crippen LogP contribution is 1.66. The van der Waals surface area contributed by atoms with E-state index in [1.807, 2.05) is 0 Å². The minimum Gasteiger partial charge on any atom is -0.483 e. The second kappa shape index (κ2) is 1.45. The second-order valence-electron chi connectivity index (χ2n) is 0.996. The molecule has 0 aromatic heterocycles. The van der Waals surface area contributed by atoms with Crippen molar-refractivity contribution in [2.24, 2.45) is 4.99 Å². The zero-order valence-electron chi connectivity index (χ0n) is 3.09. The summed E-state index contributed by atoms with van der Waals surface area (Å²) in [5.41, 5.74) is 0. The van der Waals surface area contributed by atoms with Crippen LogP contribution in [0.4, 0.5) is 0 Å². The predicted molar refractivity (Wildman–Crippen MR) is 26.0 cm³/mol. The monoisotopic (exact) mass is 100 g/mol. The second-order valence-corrected chi connectivity index (χ2v) is 1.47. The fourth-order valence-corrected chi connectivity index (χ4v) is 0.398. The van der Waals surface area contributed by atoms with E-state index >= 15 is 0 Å². The molecule has 0 saturated heterocycles. The first-order chi connectivity index (χ1) is 2.89. The van der Waals surface area contributed by atoms with Crippen molar-refractivity contribution in [3.05, 3.63) is 12.4 Å². The van der Waals surface area contributed by atoms with Crippen molar-refractivity contribution in [2.45, 2.75) is 0 Å². The minimum atomic E-state index is 0.815. The Bertz CT molecular complexity index is 85.0. The lowest BCUT2D eigenvalue weighted by molar-refractivity contribution is -0.561. The number of nitrogens with one attached hydrogen (secondary N) is 1.